The maximum absolute atomic E-state index is 13.5. The summed E-state index contributed by atoms with van der Waals surface area (Å²) in [5.74, 6) is -1.000. The summed E-state index contributed by atoms with van der Waals surface area (Å²) in [5, 5.41) is 5.92. The molecule has 9 nitrogen and oxygen atoms in total. The van der Waals surface area contributed by atoms with E-state index < -0.39 is 6.04 Å². The van der Waals surface area contributed by atoms with Crippen LogP contribution >= 0.6 is 11.6 Å². The molecule has 10 heteroatoms. The van der Waals surface area contributed by atoms with Crippen molar-refractivity contribution in [1.29, 1.82) is 0 Å². The van der Waals surface area contributed by atoms with Crippen molar-refractivity contribution in [3.8, 4) is 0 Å². The molecular formula is C29H34ClN4O5+. The first-order chi connectivity index (χ1) is 18.8. The molecule has 2 N–H and O–H groups in total. The van der Waals surface area contributed by atoms with Gasteiger partial charge in [0.25, 0.3) is 11.8 Å². The van der Waals surface area contributed by atoms with Gasteiger partial charge in [0.1, 0.15) is 6.54 Å². The van der Waals surface area contributed by atoms with Crippen LogP contribution in [0.1, 0.15) is 57.2 Å². The fourth-order valence-electron chi connectivity index (χ4n) is 5.87. The van der Waals surface area contributed by atoms with E-state index >= 15 is 0 Å². The molecule has 2 unspecified atom stereocenters. The van der Waals surface area contributed by atoms with E-state index in [1.165, 1.54) is 0 Å². The van der Waals surface area contributed by atoms with Gasteiger partial charge < -0.3 is 10.1 Å². The minimum Gasteiger partial charge on any atom is -0.379 e. The number of piperidine rings is 1. The molecule has 2 fully saturated rings. The zero-order valence-corrected chi connectivity index (χ0v) is 22.9. The predicted octanol–water partition coefficient (Wildman–Crippen LogP) is 2.44. The molecule has 2 saturated heterocycles. The highest BCUT2D eigenvalue weighted by molar-refractivity contribution is 6.31. The Morgan fingerprint density at radius 1 is 1.15 bits per heavy atom. The number of nitrogens with zero attached hydrogens (tertiary/aromatic N) is 2. The number of carbonyl (C=O) groups excluding carboxylic acids is 4. The van der Waals surface area contributed by atoms with Crippen LogP contribution in [0.5, 0.6) is 0 Å². The largest absolute Gasteiger partial charge is 0.379 e. The topological polar surface area (TPSA) is 105 Å². The average Bonchev–Trinajstić information content (AvgIpc) is 3.23. The summed E-state index contributed by atoms with van der Waals surface area (Å²) in [6.45, 7) is 7.29. The van der Waals surface area contributed by atoms with E-state index in [4.69, 9.17) is 16.3 Å². The van der Waals surface area contributed by atoms with Crippen molar-refractivity contribution in [2.24, 2.45) is 0 Å². The SMILES string of the molecule is CC[N+]1(C2CCC(=O)NC2=O)Cc2cc(CNC(=O)c3ccc(CCN4CCOCC4)c(Cl)c3)ccc2C1=O. The van der Waals surface area contributed by atoms with Gasteiger partial charge in [-0.3, -0.25) is 24.6 Å². The molecule has 0 spiro atoms. The molecule has 4 amide bonds. The highest BCUT2D eigenvalue weighted by Crippen LogP contribution is 2.35. The Bertz CT molecular complexity index is 1310. The van der Waals surface area contributed by atoms with Crippen LogP contribution in [-0.2, 0) is 33.8 Å². The van der Waals surface area contributed by atoms with E-state index in [2.05, 4.69) is 15.5 Å². The summed E-state index contributed by atoms with van der Waals surface area (Å²) in [5.41, 5.74) is 3.81. The minimum absolute atomic E-state index is 0.0132. The average molecular weight is 554 g/mol. The first-order valence-electron chi connectivity index (χ1n) is 13.5. The number of carbonyl (C=O) groups is 4. The van der Waals surface area contributed by atoms with Gasteiger partial charge in [0.15, 0.2) is 6.04 Å². The predicted molar refractivity (Wildman–Crippen MR) is 145 cm³/mol. The Labute approximate surface area is 233 Å². The highest BCUT2D eigenvalue weighted by atomic mass is 35.5. The maximum Gasteiger partial charge on any atom is 0.347 e. The van der Waals surface area contributed by atoms with E-state index in [1.54, 1.807) is 18.2 Å². The van der Waals surface area contributed by atoms with Gasteiger partial charge in [0.2, 0.25) is 5.91 Å². The zero-order chi connectivity index (χ0) is 27.6. The molecule has 39 heavy (non-hydrogen) atoms. The third-order valence-corrected chi connectivity index (χ3v) is 8.55. The Morgan fingerprint density at radius 2 is 1.95 bits per heavy atom. The van der Waals surface area contributed by atoms with Crippen LogP contribution in [0, 0.1) is 0 Å². The lowest BCUT2D eigenvalue weighted by molar-refractivity contribution is -0.873. The number of nitrogens with one attached hydrogen (secondary N) is 2. The smallest absolute Gasteiger partial charge is 0.347 e. The molecule has 2 aromatic rings. The van der Waals surface area contributed by atoms with E-state index in [-0.39, 0.29) is 34.5 Å². The standard InChI is InChI=1S/C29H33ClN4O5/c1-2-34(25-7-8-26(35)32-28(25)37)18-22-15-19(3-6-23(22)29(34)38)17-31-27(36)21-5-4-20(24(30)16-21)9-10-33-11-13-39-14-12-33/h3-6,15-16,25H,2,7-14,17-18H2,1H3,(H-,31,32,35,36,37)/p+1. The molecule has 3 aliphatic heterocycles. The Morgan fingerprint density at radius 3 is 2.67 bits per heavy atom. The van der Waals surface area contributed by atoms with Gasteiger partial charge in [-0.1, -0.05) is 23.7 Å². The molecule has 2 aromatic carbocycles. The number of halogens is 1. The number of likely N-dealkylation sites (N-methyl/N-ethyl adjacent to an activating group) is 1. The molecule has 3 aliphatic rings. The lowest BCUT2D eigenvalue weighted by Crippen LogP contribution is -2.63. The summed E-state index contributed by atoms with van der Waals surface area (Å²) < 4.78 is 5.38. The van der Waals surface area contributed by atoms with Gasteiger partial charge >= 0.3 is 5.91 Å². The quantitative estimate of drug-likeness (QED) is 0.384. The minimum atomic E-state index is -0.586. The molecule has 0 bridgehead atoms. The van der Waals surface area contributed by atoms with Gasteiger partial charge in [0, 0.05) is 55.2 Å². The summed E-state index contributed by atoms with van der Waals surface area (Å²) >= 11 is 6.50. The van der Waals surface area contributed by atoms with Crippen molar-refractivity contribution in [1.82, 2.24) is 15.5 Å². The van der Waals surface area contributed by atoms with Crippen molar-refractivity contribution in [3.63, 3.8) is 0 Å². The van der Waals surface area contributed by atoms with Gasteiger partial charge in [0.05, 0.1) is 25.3 Å². The molecular weight excluding hydrogens is 520 g/mol. The van der Waals surface area contributed by atoms with Crippen molar-refractivity contribution in [2.45, 2.75) is 45.3 Å². The second-order valence-corrected chi connectivity index (χ2v) is 10.9. The van der Waals surface area contributed by atoms with Crippen LogP contribution in [0.3, 0.4) is 0 Å². The molecule has 206 valence electrons. The lowest BCUT2D eigenvalue weighted by Gasteiger charge is -2.38. The number of imide groups is 1. The fourth-order valence-corrected chi connectivity index (χ4v) is 6.15. The van der Waals surface area contributed by atoms with Gasteiger partial charge in [-0.25, -0.2) is 9.28 Å². The van der Waals surface area contributed by atoms with Crippen molar-refractivity contribution < 1.29 is 28.4 Å². The van der Waals surface area contributed by atoms with E-state index in [0.717, 1.165) is 56.0 Å². The third-order valence-electron chi connectivity index (χ3n) is 8.20. The Balaban J connectivity index is 1.21. The van der Waals surface area contributed by atoms with Crippen molar-refractivity contribution in [2.75, 3.05) is 39.4 Å². The number of hydrogen-bond donors (Lipinski definition) is 2. The second-order valence-electron chi connectivity index (χ2n) is 10.5. The number of fused-ring (bicyclic) bond motifs is 1. The second kappa shape index (κ2) is 11.6. The van der Waals surface area contributed by atoms with Crippen molar-refractivity contribution in [3.05, 3.63) is 69.2 Å². The number of hydrogen-bond acceptors (Lipinski definition) is 6. The number of quaternary nitrogens is 1. The summed E-state index contributed by atoms with van der Waals surface area (Å²) in [6.07, 6.45) is 1.40. The van der Waals surface area contributed by atoms with Crippen LogP contribution in [0.2, 0.25) is 5.02 Å². The zero-order valence-electron chi connectivity index (χ0n) is 22.1. The fraction of sp³-hybridized carbons (Fsp3) is 0.448. The van der Waals surface area contributed by atoms with Gasteiger partial charge in [-0.05, 0) is 48.7 Å². The lowest BCUT2D eigenvalue weighted by atomic mass is 10.0. The molecule has 0 radical (unpaired) electrons. The number of amides is 4. The molecule has 3 heterocycles. The van der Waals surface area contributed by atoms with Crippen LogP contribution < -0.4 is 10.6 Å². The molecule has 5 rings (SSSR count). The van der Waals surface area contributed by atoms with Crippen LogP contribution in [0.4, 0.5) is 0 Å². The third kappa shape index (κ3) is 5.63. The van der Waals surface area contributed by atoms with Crippen LogP contribution in [-0.4, -0.2) is 78.4 Å². The first-order valence-corrected chi connectivity index (χ1v) is 13.9. The van der Waals surface area contributed by atoms with E-state index in [0.29, 0.717) is 42.2 Å². The number of rotatable bonds is 8. The van der Waals surface area contributed by atoms with Crippen molar-refractivity contribution >= 4 is 35.2 Å². The Kier molecular flexibility index (Phi) is 8.13. The normalized spacial score (nSPS) is 23.4. The highest BCUT2D eigenvalue weighted by Gasteiger charge is 2.53. The molecule has 0 aromatic heterocycles. The van der Waals surface area contributed by atoms with Crippen LogP contribution in [0.15, 0.2) is 36.4 Å². The molecule has 0 saturated carbocycles. The van der Waals surface area contributed by atoms with Gasteiger partial charge in [-0.2, -0.15) is 0 Å². The van der Waals surface area contributed by atoms with E-state index in [1.807, 2.05) is 25.1 Å². The van der Waals surface area contributed by atoms with E-state index in [9.17, 15) is 19.2 Å². The summed E-state index contributed by atoms with van der Waals surface area (Å²) in [4.78, 5) is 52.9. The van der Waals surface area contributed by atoms with Gasteiger partial charge in [-0.15, -0.1) is 0 Å². The monoisotopic (exact) mass is 553 g/mol. The summed E-state index contributed by atoms with van der Waals surface area (Å²) in [7, 11) is 0. The molecule has 2 atom stereocenters. The van der Waals surface area contributed by atoms with Crippen LogP contribution in [0.25, 0.3) is 0 Å². The first kappa shape index (κ1) is 27.5. The summed E-state index contributed by atoms with van der Waals surface area (Å²) in [6, 6.07) is 10.4. The number of benzene rings is 2. The Hall–Kier alpha value is -3.11. The molecule has 0 aliphatic carbocycles. The maximum atomic E-state index is 13.5. The number of morpholine rings is 1. The number of ether oxygens (including phenoxy) is 1.